The normalized spacial score (nSPS) is 10.6. The van der Waals surface area contributed by atoms with E-state index in [2.05, 4.69) is 20.4 Å². The molecule has 2 heterocycles. The van der Waals surface area contributed by atoms with Crippen LogP contribution in [0.1, 0.15) is 40.1 Å². The number of aromatic nitrogens is 4. The average Bonchev–Trinajstić information content (AvgIpc) is 2.68. The van der Waals surface area contributed by atoms with Crippen LogP contribution in [0.4, 0.5) is 5.69 Å². The second-order valence-corrected chi connectivity index (χ2v) is 5.11. The molecule has 0 atom stereocenters. The van der Waals surface area contributed by atoms with E-state index in [0.29, 0.717) is 40.9 Å². The number of hydrogen-bond donors (Lipinski definition) is 1. The maximum Gasteiger partial charge on any atom is 0.316 e. The monoisotopic (exact) mass is 303 g/mol. The smallest absolute Gasteiger partial charge is 0.316 e. The molecule has 0 aliphatic heterocycles. The Morgan fingerprint density at radius 2 is 1.73 bits per heavy atom. The van der Waals surface area contributed by atoms with Gasteiger partial charge in [-0.1, -0.05) is 0 Å². The van der Waals surface area contributed by atoms with Gasteiger partial charge in [0.25, 0.3) is 5.91 Å². The van der Waals surface area contributed by atoms with Gasteiger partial charge < -0.3 is 10.1 Å². The first-order valence-electron chi connectivity index (χ1n) is 7.14. The molecule has 7 heteroatoms. The van der Waals surface area contributed by atoms with Crippen molar-refractivity contribution in [1.82, 2.24) is 19.7 Å². The highest BCUT2D eigenvalue weighted by Gasteiger charge is 2.19. The number of hydrogen-bond acceptors (Lipinski definition) is 5. The second-order valence-electron chi connectivity index (χ2n) is 5.11. The molecular weight excluding hydrogens is 282 g/mol. The fraction of sp³-hybridized carbons (Fsp3) is 0.467. The molecule has 0 radical (unpaired) electrons. The predicted octanol–water partition coefficient (Wildman–Crippen LogP) is 2.09. The first kappa shape index (κ1) is 15.9. The zero-order valence-electron chi connectivity index (χ0n) is 13.8. The van der Waals surface area contributed by atoms with Crippen LogP contribution >= 0.6 is 0 Å². The van der Waals surface area contributed by atoms with Crippen molar-refractivity contribution in [3.8, 4) is 6.01 Å². The molecule has 0 aliphatic rings. The summed E-state index contributed by atoms with van der Waals surface area (Å²) in [6.45, 7) is 9.68. The van der Waals surface area contributed by atoms with E-state index in [0.717, 1.165) is 5.69 Å². The van der Waals surface area contributed by atoms with E-state index in [-0.39, 0.29) is 5.91 Å². The van der Waals surface area contributed by atoms with Crippen molar-refractivity contribution in [3.05, 3.63) is 28.3 Å². The van der Waals surface area contributed by atoms with Crippen molar-refractivity contribution >= 4 is 11.6 Å². The van der Waals surface area contributed by atoms with Crippen LogP contribution in [0.15, 0.2) is 0 Å². The highest BCUT2D eigenvalue weighted by Crippen LogP contribution is 2.21. The Balaban J connectivity index is 2.33. The third kappa shape index (κ3) is 2.93. The maximum atomic E-state index is 12.5. The number of nitrogens with zero attached hydrogens (tertiary/aromatic N) is 4. The number of ether oxygens (including phenoxy) is 1. The van der Waals surface area contributed by atoms with Crippen molar-refractivity contribution in [2.75, 3.05) is 11.9 Å². The molecule has 1 N–H and O–H groups in total. The fourth-order valence-corrected chi connectivity index (χ4v) is 2.34. The van der Waals surface area contributed by atoms with Gasteiger partial charge in [-0.3, -0.25) is 9.48 Å². The molecule has 0 bridgehead atoms. The number of nitrogens with one attached hydrogen (secondary N) is 1. The largest absolute Gasteiger partial charge is 0.464 e. The van der Waals surface area contributed by atoms with Crippen molar-refractivity contribution < 1.29 is 9.53 Å². The lowest BCUT2D eigenvalue weighted by atomic mass is 10.1. The summed E-state index contributed by atoms with van der Waals surface area (Å²) in [7, 11) is 1.82. The third-order valence-electron chi connectivity index (χ3n) is 3.50. The van der Waals surface area contributed by atoms with Crippen molar-refractivity contribution in [2.45, 2.75) is 34.6 Å². The van der Waals surface area contributed by atoms with E-state index in [1.54, 1.807) is 4.68 Å². The molecule has 0 spiro atoms. The molecule has 22 heavy (non-hydrogen) atoms. The summed E-state index contributed by atoms with van der Waals surface area (Å²) in [4.78, 5) is 21.0. The topological polar surface area (TPSA) is 81.9 Å². The van der Waals surface area contributed by atoms with Gasteiger partial charge in [-0.25, -0.2) is 0 Å². The summed E-state index contributed by atoms with van der Waals surface area (Å²) in [5.41, 5.74) is 4.04. The van der Waals surface area contributed by atoms with Crippen LogP contribution in [0.2, 0.25) is 0 Å². The lowest BCUT2D eigenvalue weighted by molar-refractivity contribution is 0.102. The Kier molecular flexibility index (Phi) is 4.44. The van der Waals surface area contributed by atoms with E-state index in [1.807, 2.05) is 41.7 Å². The molecule has 2 aromatic rings. The second kappa shape index (κ2) is 6.13. The molecule has 0 saturated carbocycles. The van der Waals surface area contributed by atoms with E-state index < -0.39 is 0 Å². The molecule has 1 amide bonds. The summed E-state index contributed by atoms with van der Waals surface area (Å²) < 4.78 is 7.00. The standard InChI is InChI=1S/C15H21N5O2/c1-7-22-15-16-9(3)13(10(4)17-15)18-14(21)12-8(2)19-20(6)11(12)5/h7H2,1-6H3,(H,18,21). The zero-order chi connectivity index (χ0) is 16.4. The Hall–Kier alpha value is -2.44. The first-order chi connectivity index (χ1) is 10.3. The molecule has 2 rings (SSSR count). The van der Waals surface area contributed by atoms with Gasteiger partial charge in [0.05, 0.1) is 34.9 Å². The van der Waals surface area contributed by atoms with Crippen LogP contribution in [0.3, 0.4) is 0 Å². The molecular formula is C15H21N5O2. The Morgan fingerprint density at radius 1 is 1.14 bits per heavy atom. The summed E-state index contributed by atoms with van der Waals surface area (Å²) in [5.74, 6) is -0.206. The van der Waals surface area contributed by atoms with E-state index in [9.17, 15) is 4.79 Å². The first-order valence-corrected chi connectivity index (χ1v) is 7.14. The highest BCUT2D eigenvalue weighted by atomic mass is 16.5. The molecule has 7 nitrogen and oxygen atoms in total. The summed E-state index contributed by atoms with van der Waals surface area (Å²) in [6.07, 6.45) is 0. The van der Waals surface area contributed by atoms with Crippen LogP contribution in [-0.2, 0) is 7.05 Å². The van der Waals surface area contributed by atoms with Gasteiger partial charge in [0.1, 0.15) is 0 Å². The van der Waals surface area contributed by atoms with Crippen molar-refractivity contribution in [1.29, 1.82) is 0 Å². The molecule has 0 fully saturated rings. The van der Waals surface area contributed by atoms with Gasteiger partial charge in [0.15, 0.2) is 0 Å². The van der Waals surface area contributed by atoms with Gasteiger partial charge in [-0.2, -0.15) is 15.1 Å². The Labute approximate surface area is 129 Å². The number of carbonyl (C=O) groups is 1. The third-order valence-corrected chi connectivity index (χ3v) is 3.50. The zero-order valence-corrected chi connectivity index (χ0v) is 13.8. The number of anilines is 1. The Bertz CT molecular complexity index is 698. The van der Waals surface area contributed by atoms with E-state index in [4.69, 9.17) is 4.74 Å². The molecule has 0 aromatic carbocycles. The summed E-state index contributed by atoms with van der Waals surface area (Å²) in [5, 5.41) is 7.15. The number of amides is 1. The van der Waals surface area contributed by atoms with Crippen LogP contribution < -0.4 is 10.1 Å². The van der Waals surface area contributed by atoms with Gasteiger partial charge >= 0.3 is 6.01 Å². The van der Waals surface area contributed by atoms with Gasteiger partial charge in [0, 0.05) is 12.7 Å². The average molecular weight is 303 g/mol. The summed E-state index contributed by atoms with van der Waals surface area (Å²) >= 11 is 0. The van der Waals surface area contributed by atoms with Gasteiger partial charge in [-0.15, -0.1) is 0 Å². The van der Waals surface area contributed by atoms with Crippen molar-refractivity contribution in [2.24, 2.45) is 7.05 Å². The van der Waals surface area contributed by atoms with Gasteiger partial charge in [-0.05, 0) is 34.6 Å². The van der Waals surface area contributed by atoms with Gasteiger partial charge in [0.2, 0.25) is 0 Å². The van der Waals surface area contributed by atoms with Crippen molar-refractivity contribution in [3.63, 3.8) is 0 Å². The fourth-order valence-electron chi connectivity index (χ4n) is 2.34. The van der Waals surface area contributed by atoms with Crippen LogP contribution in [0, 0.1) is 27.7 Å². The highest BCUT2D eigenvalue weighted by molar-refractivity contribution is 6.06. The van der Waals surface area contributed by atoms with E-state index >= 15 is 0 Å². The summed E-state index contributed by atoms with van der Waals surface area (Å²) in [6, 6.07) is 0.323. The number of aryl methyl sites for hydroxylation is 4. The molecule has 0 aliphatic carbocycles. The van der Waals surface area contributed by atoms with E-state index in [1.165, 1.54) is 0 Å². The number of rotatable bonds is 4. The molecule has 2 aromatic heterocycles. The minimum atomic E-state index is -0.206. The minimum absolute atomic E-state index is 0.206. The minimum Gasteiger partial charge on any atom is -0.464 e. The van der Waals surface area contributed by atoms with Crippen LogP contribution in [0.25, 0.3) is 0 Å². The number of carbonyl (C=O) groups excluding carboxylic acids is 1. The SMILES string of the molecule is CCOc1nc(C)c(NC(=O)c2c(C)nn(C)c2C)c(C)n1. The quantitative estimate of drug-likeness (QED) is 0.935. The lowest BCUT2D eigenvalue weighted by Crippen LogP contribution is -2.17. The van der Waals surface area contributed by atoms with Crippen LogP contribution in [0.5, 0.6) is 6.01 Å². The maximum absolute atomic E-state index is 12.5. The van der Waals surface area contributed by atoms with Crippen LogP contribution in [-0.4, -0.2) is 32.3 Å². The predicted molar refractivity (Wildman–Crippen MR) is 83.3 cm³/mol. The Morgan fingerprint density at radius 3 is 2.18 bits per heavy atom. The molecule has 0 unspecified atom stereocenters. The lowest BCUT2D eigenvalue weighted by Gasteiger charge is -2.12. The molecule has 118 valence electrons. The molecule has 0 saturated heterocycles.